The van der Waals surface area contributed by atoms with Crippen LogP contribution in [0.4, 0.5) is 8.78 Å². The highest BCUT2D eigenvalue weighted by Gasteiger charge is 2.31. The van der Waals surface area contributed by atoms with Crippen molar-refractivity contribution >= 4 is 11.6 Å². The number of nitrogens with one attached hydrogen (secondary N) is 1. The Hall–Kier alpha value is -1.13. The van der Waals surface area contributed by atoms with Gasteiger partial charge in [0.05, 0.1) is 11.1 Å². The summed E-state index contributed by atoms with van der Waals surface area (Å²) < 4.78 is 27.0. The number of likely N-dealkylation sites (N-methyl/N-ethyl adjacent to an activating group) is 1. The van der Waals surface area contributed by atoms with Crippen LogP contribution in [-0.2, 0) is 6.54 Å². The number of benzene rings is 1. The summed E-state index contributed by atoms with van der Waals surface area (Å²) in [4.78, 5) is 1.91. The molecule has 2 nitrogen and oxygen atoms in total. The Morgan fingerprint density at radius 3 is 2.95 bits per heavy atom. The van der Waals surface area contributed by atoms with Gasteiger partial charge in [0, 0.05) is 30.8 Å². The smallest absolute Gasteiger partial charge is 0.146 e. The number of hydrogen-bond acceptors (Lipinski definition) is 2. The zero-order valence-electron chi connectivity index (χ0n) is 10.8. The normalized spacial score (nSPS) is 23.6. The Labute approximate surface area is 117 Å². The first-order valence-corrected chi connectivity index (χ1v) is 6.56. The van der Waals surface area contributed by atoms with E-state index in [0.29, 0.717) is 30.8 Å². The molecular formula is C14H17ClF2N2. The van der Waals surface area contributed by atoms with Gasteiger partial charge in [0.2, 0.25) is 0 Å². The zero-order chi connectivity index (χ0) is 14.0. The molecule has 1 N–H and O–H groups in total. The lowest BCUT2D eigenvalue weighted by molar-refractivity contribution is 0.305. The number of alkyl halides is 1. The molecule has 1 heterocycles. The van der Waals surface area contributed by atoms with Crippen molar-refractivity contribution in [3.8, 4) is 0 Å². The predicted octanol–water partition coefficient (Wildman–Crippen LogP) is 3.12. The molecule has 0 radical (unpaired) electrons. The van der Waals surface area contributed by atoms with E-state index in [-0.39, 0.29) is 11.1 Å². The second-order valence-electron chi connectivity index (χ2n) is 4.88. The van der Waals surface area contributed by atoms with Gasteiger partial charge in [-0.2, -0.15) is 0 Å². The molecular weight excluding hydrogens is 270 g/mol. The van der Waals surface area contributed by atoms with Crippen molar-refractivity contribution in [2.24, 2.45) is 0 Å². The number of rotatable bonds is 4. The topological polar surface area (TPSA) is 15.3 Å². The van der Waals surface area contributed by atoms with Crippen LogP contribution >= 0.6 is 11.6 Å². The molecule has 1 aliphatic heterocycles. The van der Waals surface area contributed by atoms with Crippen molar-refractivity contribution in [3.63, 3.8) is 0 Å². The van der Waals surface area contributed by atoms with E-state index in [4.69, 9.17) is 11.6 Å². The molecule has 1 aliphatic rings. The third-order valence-electron chi connectivity index (χ3n) is 3.44. The molecule has 0 saturated carbocycles. The number of hydrogen-bond donors (Lipinski definition) is 1. The highest BCUT2D eigenvalue weighted by molar-refractivity contribution is 6.30. The highest BCUT2D eigenvalue weighted by Crippen LogP contribution is 2.23. The first-order valence-electron chi connectivity index (χ1n) is 6.19. The zero-order valence-corrected chi connectivity index (χ0v) is 11.6. The quantitative estimate of drug-likeness (QED) is 0.915. The van der Waals surface area contributed by atoms with E-state index in [2.05, 4.69) is 11.9 Å². The molecule has 0 aromatic heterocycles. The van der Waals surface area contributed by atoms with Gasteiger partial charge in [0.1, 0.15) is 12.0 Å². The molecule has 0 amide bonds. The van der Waals surface area contributed by atoms with Crippen molar-refractivity contribution in [1.82, 2.24) is 10.2 Å². The monoisotopic (exact) mass is 286 g/mol. The SMILES string of the molecule is C=C(NCc1cccc(Cl)c1F)[C@@H]1C[C@@H](F)CN1C. The average molecular weight is 287 g/mol. The summed E-state index contributed by atoms with van der Waals surface area (Å²) in [6.45, 7) is 4.63. The molecule has 5 heteroatoms. The molecule has 0 unspecified atom stereocenters. The lowest BCUT2D eigenvalue weighted by Crippen LogP contribution is -2.32. The molecule has 1 fully saturated rings. The summed E-state index contributed by atoms with van der Waals surface area (Å²) in [6, 6.07) is 4.83. The summed E-state index contributed by atoms with van der Waals surface area (Å²) in [5.41, 5.74) is 1.19. The minimum absolute atomic E-state index is 0.0442. The van der Waals surface area contributed by atoms with E-state index in [1.54, 1.807) is 12.1 Å². The van der Waals surface area contributed by atoms with Crippen LogP contribution in [-0.4, -0.2) is 30.7 Å². The summed E-state index contributed by atoms with van der Waals surface area (Å²) in [7, 11) is 1.86. The Bertz CT molecular complexity index is 479. The Morgan fingerprint density at radius 2 is 2.32 bits per heavy atom. The number of nitrogens with zero attached hydrogens (tertiary/aromatic N) is 1. The van der Waals surface area contributed by atoms with E-state index in [0.717, 1.165) is 0 Å². The summed E-state index contributed by atoms with van der Waals surface area (Å²) in [5.74, 6) is -0.424. The summed E-state index contributed by atoms with van der Waals surface area (Å²) in [6.07, 6.45) is -0.392. The van der Waals surface area contributed by atoms with Crippen LogP contribution in [0.25, 0.3) is 0 Å². The molecule has 1 saturated heterocycles. The molecule has 1 aromatic carbocycles. The number of likely N-dealkylation sites (tertiary alicyclic amines) is 1. The van der Waals surface area contributed by atoms with Crippen molar-refractivity contribution in [1.29, 1.82) is 0 Å². The fraction of sp³-hybridized carbons (Fsp3) is 0.429. The molecule has 2 atom stereocenters. The molecule has 2 rings (SSSR count). The first-order chi connectivity index (χ1) is 8.99. The van der Waals surface area contributed by atoms with Crippen LogP contribution in [0, 0.1) is 5.82 Å². The molecule has 0 aliphatic carbocycles. The Balaban J connectivity index is 1.95. The van der Waals surface area contributed by atoms with Crippen LogP contribution in [0.5, 0.6) is 0 Å². The molecule has 0 spiro atoms. The highest BCUT2D eigenvalue weighted by atomic mass is 35.5. The fourth-order valence-corrected chi connectivity index (χ4v) is 2.55. The molecule has 0 bridgehead atoms. The summed E-state index contributed by atoms with van der Waals surface area (Å²) >= 11 is 5.72. The standard InChI is InChI=1S/C14H17ClF2N2/c1-9(13-6-11(16)8-19(13)2)18-7-10-4-3-5-12(15)14(10)17/h3-5,11,13,18H,1,6-8H2,2H3/t11-,13+/m1/s1. The van der Waals surface area contributed by atoms with E-state index in [1.807, 2.05) is 11.9 Å². The van der Waals surface area contributed by atoms with Gasteiger partial charge in [-0.05, 0) is 13.1 Å². The predicted molar refractivity (Wildman–Crippen MR) is 73.3 cm³/mol. The van der Waals surface area contributed by atoms with Gasteiger partial charge in [-0.25, -0.2) is 8.78 Å². The summed E-state index contributed by atoms with van der Waals surface area (Å²) in [5, 5.41) is 3.16. The Kier molecular flexibility index (Phi) is 4.42. The van der Waals surface area contributed by atoms with E-state index in [9.17, 15) is 8.78 Å². The van der Waals surface area contributed by atoms with Gasteiger partial charge in [0.15, 0.2) is 0 Å². The van der Waals surface area contributed by atoms with Gasteiger partial charge in [-0.15, -0.1) is 0 Å². The van der Waals surface area contributed by atoms with E-state index >= 15 is 0 Å². The van der Waals surface area contributed by atoms with Gasteiger partial charge in [-0.1, -0.05) is 30.3 Å². The molecule has 1 aromatic rings. The van der Waals surface area contributed by atoms with Crippen LogP contribution in [0.15, 0.2) is 30.5 Å². The maximum absolute atomic E-state index is 13.7. The second kappa shape index (κ2) is 5.88. The maximum atomic E-state index is 13.7. The minimum atomic E-state index is -0.823. The van der Waals surface area contributed by atoms with Crippen molar-refractivity contribution in [2.75, 3.05) is 13.6 Å². The van der Waals surface area contributed by atoms with Crippen molar-refractivity contribution in [2.45, 2.75) is 25.2 Å². The Morgan fingerprint density at radius 1 is 1.58 bits per heavy atom. The third kappa shape index (κ3) is 3.25. The maximum Gasteiger partial charge on any atom is 0.146 e. The van der Waals surface area contributed by atoms with E-state index < -0.39 is 12.0 Å². The van der Waals surface area contributed by atoms with Gasteiger partial charge >= 0.3 is 0 Å². The van der Waals surface area contributed by atoms with E-state index in [1.165, 1.54) is 6.07 Å². The van der Waals surface area contributed by atoms with Crippen LogP contribution in [0.3, 0.4) is 0 Å². The minimum Gasteiger partial charge on any atom is -0.383 e. The van der Waals surface area contributed by atoms with Gasteiger partial charge in [-0.3, -0.25) is 4.90 Å². The van der Waals surface area contributed by atoms with Crippen LogP contribution in [0.2, 0.25) is 5.02 Å². The van der Waals surface area contributed by atoms with Gasteiger partial charge in [0.25, 0.3) is 0 Å². The number of halogens is 3. The first kappa shape index (κ1) is 14.3. The largest absolute Gasteiger partial charge is 0.383 e. The van der Waals surface area contributed by atoms with Crippen molar-refractivity contribution in [3.05, 3.63) is 46.9 Å². The van der Waals surface area contributed by atoms with Crippen LogP contribution < -0.4 is 5.32 Å². The lowest BCUT2D eigenvalue weighted by Gasteiger charge is -2.22. The van der Waals surface area contributed by atoms with Crippen LogP contribution in [0.1, 0.15) is 12.0 Å². The van der Waals surface area contributed by atoms with Crippen molar-refractivity contribution < 1.29 is 8.78 Å². The fourth-order valence-electron chi connectivity index (χ4n) is 2.36. The molecule has 104 valence electrons. The third-order valence-corrected chi connectivity index (χ3v) is 3.73. The molecule has 19 heavy (non-hydrogen) atoms. The average Bonchev–Trinajstić information content (AvgIpc) is 2.70. The van der Waals surface area contributed by atoms with Gasteiger partial charge < -0.3 is 5.32 Å². The lowest BCUT2D eigenvalue weighted by atomic mass is 10.1. The second-order valence-corrected chi connectivity index (χ2v) is 5.29.